The highest BCUT2D eigenvalue weighted by atomic mass is 16.7. The molecule has 0 aromatic rings. The summed E-state index contributed by atoms with van der Waals surface area (Å²) in [5.74, 6) is -0.193. The third-order valence-electron chi connectivity index (χ3n) is 14.9. The number of hydrogen-bond acceptors (Lipinski definition) is 8. The standard InChI is InChI=1S/C64H119NO8/c1-3-5-7-9-11-13-15-17-19-21-22-23-24-25-26-27-28-29-30-31-32-33-34-35-36-38-39-41-43-45-47-49-51-53-58(67)57(56-72-64-63(71)62(70)61(69)59(55-66)73-64)65-60(68)54-52-50-48-46-44-42-40-37-20-18-16-14-12-10-8-6-4-2/h12,14,18,20,43,45,51,53,57-59,61-64,66-67,69-71H,3-11,13,15-17,19,21-42,44,46-50,52,54-56H2,1-2H3,(H,65,68)/b14-12-,20-18-,45-43+,53-51+. The smallest absolute Gasteiger partial charge is 0.220 e. The van der Waals surface area contributed by atoms with Gasteiger partial charge in [0.1, 0.15) is 24.4 Å². The van der Waals surface area contributed by atoms with Crippen molar-refractivity contribution in [3.05, 3.63) is 48.6 Å². The van der Waals surface area contributed by atoms with Crippen molar-refractivity contribution in [2.75, 3.05) is 13.2 Å². The van der Waals surface area contributed by atoms with E-state index >= 15 is 0 Å². The van der Waals surface area contributed by atoms with Crippen molar-refractivity contribution in [3.63, 3.8) is 0 Å². The van der Waals surface area contributed by atoms with Crippen LogP contribution in [0, 0.1) is 0 Å². The van der Waals surface area contributed by atoms with Gasteiger partial charge in [0.05, 0.1) is 25.4 Å². The zero-order valence-electron chi connectivity index (χ0n) is 47.6. The lowest BCUT2D eigenvalue weighted by Gasteiger charge is -2.40. The van der Waals surface area contributed by atoms with Crippen molar-refractivity contribution in [2.45, 2.75) is 339 Å². The number of amides is 1. The summed E-state index contributed by atoms with van der Waals surface area (Å²) < 4.78 is 11.3. The van der Waals surface area contributed by atoms with E-state index in [1.807, 2.05) is 6.08 Å². The Morgan fingerprint density at radius 3 is 1.26 bits per heavy atom. The Morgan fingerprint density at radius 2 is 0.822 bits per heavy atom. The zero-order valence-corrected chi connectivity index (χ0v) is 47.6. The van der Waals surface area contributed by atoms with Crippen LogP contribution in [0.25, 0.3) is 0 Å². The number of ether oxygens (including phenoxy) is 2. The van der Waals surface area contributed by atoms with E-state index < -0.39 is 49.5 Å². The van der Waals surface area contributed by atoms with E-state index in [9.17, 15) is 30.3 Å². The summed E-state index contributed by atoms with van der Waals surface area (Å²) in [6.45, 7) is 3.76. The number of aliphatic hydroxyl groups is 5. The van der Waals surface area contributed by atoms with Crippen LogP contribution < -0.4 is 5.32 Å². The van der Waals surface area contributed by atoms with E-state index in [-0.39, 0.29) is 12.5 Å². The predicted molar refractivity (Wildman–Crippen MR) is 309 cm³/mol. The molecule has 7 unspecified atom stereocenters. The summed E-state index contributed by atoms with van der Waals surface area (Å²) in [4.78, 5) is 13.0. The fourth-order valence-electron chi connectivity index (χ4n) is 9.91. The van der Waals surface area contributed by atoms with Crippen molar-refractivity contribution in [1.82, 2.24) is 5.32 Å². The van der Waals surface area contributed by atoms with E-state index in [1.165, 1.54) is 218 Å². The van der Waals surface area contributed by atoms with E-state index in [1.54, 1.807) is 6.08 Å². The Labute approximate surface area is 450 Å². The topological polar surface area (TPSA) is 149 Å². The minimum Gasteiger partial charge on any atom is -0.394 e. The largest absolute Gasteiger partial charge is 0.394 e. The summed E-state index contributed by atoms with van der Waals surface area (Å²) >= 11 is 0. The Balaban J connectivity index is 2.16. The lowest BCUT2D eigenvalue weighted by atomic mass is 9.99. The second-order valence-corrected chi connectivity index (χ2v) is 21.8. The van der Waals surface area contributed by atoms with Gasteiger partial charge in [-0.1, -0.05) is 274 Å². The molecule has 0 bridgehead atoms. The lowest BCUT2D eigenvalue weighted by molar-refractivity contribution is -0.302. The van der Waals surface area contributed by atoms with Crippen LogP contribution in [0.15, 0.2) is 48.6 Å². The van der Waals surface area contributed by atoms with Crippen LogP contribution in [-0.2, 0) is 14.3 Å². The Bertz CT molecular complexity index is 1290. The van der Waals surface area contributed by atoms with Crippen molar-refractivity contribution in [3.8, 4) is 0 Å². The van der Waals surface area contributed by atoms with E-state index in [0.717, 1.165) is 57.8 Å². The molecule has 1 amide bonds. The molecule has 1 aliphatic heterocycles. The summed E-state index contributed by atoms with van der Waals surface area (Å²) in [6, 6.07) is -0.828. The molecule has 0 spiro atoms. The molecule has 428 valence electrons. The average Bonchev–Trinajstić information content (AvgIpc) is 3.39. The third kappa shape index (κ3) is 42.9. The van der Waals surface area contributed by atoms with Gasteiger partial charge in [-0.25, -0.2) is 0 Å². The maximum atomic E-state index is 13.0. The molecule has 1 heterocycles. The number of allylic oxidation sites excluding steroid dienone is 7. The molecule has 1 fully saturated rings. The van der Waals surface area contributed by atoms with Crippen molar-refractivity contribution in [2.24, 2.45) is 0 Å². The first-order valence-electron chi connectivity index (χ1n) is 31.4. The van der Waals surface area contributed by atoms with Gasteiger partial charge in [-0.2, -0.15) is 0 Å². The molecule has 0 saturated carbocycles. The summed E-state index contributed by atoms with van der Waals surface area (Å²) in [5, 5.41) is 54.5. The molecule has 6 N–H and O–H groups in total. The maximum absolute atomic E-state index is 13.0. The van der Waals surface area contributed by atoms with Crippen LogP contribution in [0.2, 0.25) is 0 Å². The van der Waals surface area contributed by atoms with Crippen LogP contribution in [0.5, 0.6) is 0 Å². The number of carbonyl (C=O) groups excluding carboxylic acids is 1. The Kier molecular flexibility index (Phi) is 50.7. The molecular weight excluding hydrogens is 911 g/mol. The SMILES string of the molecule is CCCCC/C=C\C/C=C\CCCCCCCCCC(=O)NC(COC1OC(CO)C(O)C(O)C1O)C(O)/C=C/CC/C=C/CCCCCCCCCCCCCCCCCCCCCCCCCCCCC. The molecule has 1 saturated heterocycles. The normalized spacial score (nSPS) is 19.4. The van der Waals surface area contributed by atoms with Crippen LogP contribution in [0.3, 0.4) is 0 Å². The van der Waals surface area contributed by atoms with Crippen molar-refractivity contribution < 1.29 is 39.8 Å². The van der Waals surface area contributed by atoms with Gasteiger partial charge in [-0.15, -0.1) is 0 Å². The quantitative estimate of drug-likeness (QED) is 0.0261. The third-order valence-corrected chi connectivity index (χ3v) is 14.9. The second-order valence-electron chi connectivity index (χ2n) is 21.8. The molecule has 73 heavy (non-hydrogen) atoms. The summed E-state index contributed by atoms with van der Waals surface area (Å²) in [6.07, 6.45) is 64.9. The Hall–Kier alpha value is -1.85. The van der Waals surface area contributed by atoms with Gasteiger partial charge in [0, 0.05) is 6.42 Å². The van der Waals surface area contributed by atoms with Gasteiger partial charge < -0.3 is 40.3 Å². The van der Waals surface area contributed by atoms with E-state index in [2.05, 4.69) is 55.6 Å². The molecule has 7 atom stereocenters. The van der Waals surface area contributed by atoms with Gasteiger partial charge in [0.25, 0.3) is 0 Å². The molecule has 9 nitrogen and oxygen atoms in total. The summed E-state index contributed by atoms with van der Waals surface area (Å²) in [5.41, 5.74) is 0. The second kappa shape index (κ2) is 53.5. The fraction of sp³-hybridized carbons (Fsp3) is 0.859. The predicted octanol–water partition coefficient (Wildman–Crippen LogP) is 16.1. The van der Waals surface area contributed by atoms with Gasteiger partial charge in [0.2, 0.25) is 5.91 Å². The highest BCUT2D eigenvalue weighted by Crippen LogP contribution is 2.23. The first kappa shape index (κ1) is 69.2. The van der Waals surface area contributed by atoms with Crippen LogP contribution >= 0.6 is 0 Å². The first-order chi connectivity index (χ1) is 35.8. The first-order valence-corrected chi connectivity index (χ1v) is 31.4. The van der Waals surface area contributed by atoms with Crippen LogP contribution in [-0.4, -0.2) is 87.5 Å². The number of carbonyl (C=O) groups is 1. The molecule has 9 heteroatoms. The molecule has 1 rings (SSSR count). The zero-order chi connectivity index (χ0) is 52.9. The number of rotatable bonds is 54. The van der Waals surface area contributed by atoms with Crippen molar-refractivity contribution >= 4 is 5.91 Å². The highest BCUT2D eigenvalue weighted by molar-refractivity contribution is 5.76. The van der Waals surface area contributed by atoms with E-state index in [0.29, 0.717) is 6.42 Å². The molecule has 0 aromatic heterocycles. The minimum absolute atomic E-state index is 0.193. The van der Waals surface area contributed by atoms with E-state index in [4.69, 9.17) is 9.47 Å². The number of unbranched alkanes of at least 4 members (excludes halogenated alkanes) is 38. The van der Waals surface area contributed by atoms with Gasteiger partial charge in [-0.3, -0.25) is 4.79 Å². The monoisotopic (exact) mass is 1030 g/mol. The average molecular weight is 1030 g/mol. The molecule has 0 aromatic carbocycles. The molecule has 0 aliphatic carbocycles. The van der Waals surface area contributed by atoms with Crippen LogP contribution in [0.1, 0.15) is 296 Å². The lowest BCUT2D eigenvalue weighted by Crippen LogP contribution is -2.60. The van der Waals surface area contributed by atoms with Crippen molar-refractivity contribution in [1.29, 1.82) is 0 Å². The molecular formula is C64H119NO8. The highest BCUT2D eigenvalue weighted by Gasteiger charge is 2.44. The van der Waals surface area contributed by atoms with Gasteiger partial charge >= 0.3 is 0 Å². The number of hydrogen-bond donors (Lipinski definition) is 6. The minimum atomic E-state index is -1.58. The van der Waals surface area contributed by atoms with Gasteiger partial charge in [-0.05, 0) is 64.2 Å². The van der Waals surface area contributed by atoms with Crippen LogP contribution in [0.4, 0.5) is 0 Å². The number of aliphatic hydroxyl groups excluding tert-OH is 5. The van der Waals surface area contributed by atoms with Gasteiger partial charge in [0.15, 0.2) is 6.29 Å². The molecule has 0 radical (unpaired) electrons. The fourth-order valence-corrected chi connectivity index (χ4v) is 9.91. The Morgan fingerprint density at radius 1 is 0.466 bits per heavy atom. The molecule has 1 aliphatic rings. The maximum Gasteiger partial charge on any atom is 0.220 e. The summed E-state index contributed by atoms with van der Waals surface area (Å²) in [7, 11) is 0. The number of nitrogens with one attached hydrogen (secondary N) is 1.